The minimum atomic E-state index is -0.929. The van der Waals surface area contributed by atoms with Crippen LogP contribution in [0.1, 0.15) is 162 Å². The Hall–Kier alpha value is -1.32. The van der Waals surface area contributed by atoms with E-state index >= 15 is 0 Å². The van der Waals surface area contributed by atoms with Gasteiger partial charge in [-0.3, -0.25) is 9.59 Å². The fourth-order valence-corrected chi connectivity index (χ4v) is 4.53. The van der Waals surface area contributed by atoms with E-state index in [1.54, 1.807) is 0 Å². The molecular formula is C31H58O4. The SMILES string of the molecule is CCCCCCCCCCCCCCCCCC/C=C/CCCCC(CC(=O)O)C(=O)OCCC. The van der Waals surface area contributed by atoms with Crippen LogP contribution in [0.3, 0.4) is 0 Å². The summed E-state index contributed by atoms with van der Waals surface area (Å²) < 4.78 is 5.14. The third kappa shape index (κ3) is 25.6. The van der Waals surface area contributed by atoms with E-state index in [0.717, 1.165) is 32.1 Å². The van der Waals surface area contributed by atoms with Crippen molar-refractivity contribution >= 4 is 11.9 Å². The number of unbranched alkanes of at least 4 members (excludes halogenated alkanes) is 18. The van der Waals surface area contributed by atoms with E-state index in [9.17, 15) is 9.59 Å². The van der Waals surface area contributed by atoms with Crippen molar-refractivity contribution < 1.29 is 19.4 Å². The highest BCUT2D eigenvalue weighted by Crippen LogP contribution is 2.17. The first-order valence-electron chi connectivity index (χ1n) is 15.1. The highest BCUT2D eigenvalue weighted by Gasteiger charge is 2.22. The fourth-order valence-electron chi connectivity index (χ4n) is 4.53. The van der Waals surface area contributed by atoms with E-state index < -0.39 is 11.9 Å². The van der Waals surface area contributed by atoms with E-state index in [1.807, 2.05) is 6.92 Å². The molecule has 0 aromatic carbocycles. The summed E-state index contributed by atoms with van der Waals surface area (Å²) in [4.78, 5) is 23.0. The van der Waals surface area contributed by atoms with Crippen molar-refractivity contribution in [2.75, 3.05) is 6.61 Å². The number of aliphatic carboxylic acids is 1. The molecule has 1 N–H and O–H groups in total. The number of esters is 1. The molecule has 0 fully saturated rings. The zero-order chi connectivity index (χ0) is 25.8. The summed E-state index contributed by atoms with van der Waals surface area (Å²) in [6, 6.07) is 0. The number of carbonyl (C=O) groups is 2. The van der Waals surface area contributed by atoms with Crippen LogP contribution in [-0.4, -0.2) is 23.7 Å². The van der Waals surface area contributed by atoms with Crippen LogP contribution in [0.4, 0.5) is 0 Å². The number of hydrogen-bond donors (Lipinski definition) is 1. The highest BCUT2D eigenvalue weighted by molar-refractivity contribution is 5.79. The number of carboxylic acids is 1. The van der Waals surface area contributed by atoms with Crippen molar-refractivity contribution in [1.82, 2.24) is 0 Å². The van der Waals surface area contributed by atoms with Gasteiger partial charge in [0.25, 0.3) is 0 Å². The second-order valence-corrected chi connectivity index (χ2v) is 10.3. The normalized spacial score (nSPS) is 12.3. The maximum Gasteiger partial charge on any atom is 0.309 e. The van der Waals surface area contributed by atoms with Crippen molar-refractivity contribution in [2.45, 2.75) is 162 Å². The van der Waals surface area contributed by atoms with Crippen molar-refractivity contribution in [2.24, 2.45) is 5.92 Å². The lowest BCUT2D eigenvalue weighted by Gasteiger charge is -2.13. The summed E-state index contributed by atoms with van der Waals surface area (Å²) in [6.07, 6.45) is 32.2. The maximum atomic E-state index is 12.0. The average molecular weight is 495 g/mol. The molecule has 4 nitrogen and oxygen atoms in total. The van der Waals surface area contributed by atoms with Crippen LogP contribution in [-0.2, 0) is 14.3 Å². The lowest BCUT2D eigenvalue weighted by Crippen LogP contribution is -2.21. The van der Waals surface area contributed by atoms with Gasteiger partial charge in [0.1, 0.15) is 0 Å². The Morgan fingerprint density at radius 1 is 0.629 bits per heavy atom. The van der Waals surface area contributed by atoms with Crippen LogP contribution in [0.5, 0.6) is 0 Å². The molecule has 0 spiro atoms. The zero-order valence-electron chi connectivity index (χ0n) is 23.4. The van der Waals surface area contributed by atoms with E-state index in [1.165, 1.54) is 103 Å². The zero-order valence-corrected chi connectivity index (χ0v) is 23.4. The molecule has 0 aliphatic heterocycles. The van der Waals surface area contributed by atoms with Gasteiger partial charge in [-0.15, -0.1) is 0 Å². The fraction of sp³-hybridized carbons (Fsp3) is 0.871. The summed E-state index contributed by atoms with van der Waals surface area (Å²) in [7, 11) is 0. The summed E-state index contributed by atoms with van der Waals surface area (Å²) in [6.45, 7) is 4.59. The molecular weight excluding hydrogens is 436 g/mol. The Kier molecular flexibility index (Phi) is 26.2. The van der Waals surface area contributed by atoms with Crippen LogP contribution in [0, 0.1) is 5.92 Å². The van der Waals surface area contributed by atoms with Gasteiger partial charge in [0.15, 0.2) is 0 Å². The first-order valence-corrected chi connectivity index (χ1v) is 15.1. The summed E-state index contributed by atoms with van der Waals surface area (Å²) in [5.41, 5.74) is 0. The van der Waals surface area contributed by atoms with Crippen molar-refractivity contribution in [3.05, 3.63) is 12.2 Å². The molecule has 0 aromatic rings. The molecule has 0 amide bonds. The molecule has 0 rings (SSSR count). The molecule has 0 radical (unpaired) electrons. The molecule has 0 saturated heterocycles. The number of rotatable bonds is 27. The Bertz CT molecular complexity index is 500. The van der Waals surface area contributed by atoms with Crippen LogP contribution < -0.4 is 0 Å². The first kappa shape index (κ1) is 33.7. The second-order valence-electron chi connectivity index (χ2n) is 10.3. The smallest absolute Gasteiger partial charge is 0.309 e. The van der Waals surface area contributed by atoms with Crippen LogP contribution in [0.15, 0.2) is 12.2 Å². The summed E-state index contributed by atoms with van der Waals surface area (Å²) in [5.74, 6) is -1.79. The van der Waals surface area contributed by atoms with E-state index in [2.05, 4.69) is 19.1 Å². The van der Waals surface area contributed by atoms with Gasteiger partial charge >= 0.3 is 11.9 Å². The topological polar surface area (TPSA) is 63.6 Å². The number of carbonyl (C=O) groups excluding carboxylic acids is 1. The molecule has 0 aromatic heterocycles. The Morgan fingerprint density at radius 3 is 1.49 bits per heavy atom. The van der Waals surface area contributed by atoms with Gasteiger partial charge in [0.05, 0.1) is 18.9 Å². The predicted octanol–water partition coefficient (Wildman–Crippen LogP) is 9.80. The summed E-state index contributed by atoms with van der Waals surface area (Å²) in [5, 5.41) is 9.02. The van der Waals surface area contributed by atoms with Gasteiger partial charge in [-0.25, -0.2) is 0 Å². The molecule has 4 heteroatoms. The Labute approximate surface area is 217 Å². The molecule has 0 saturated carbocycles. The van der Waals surface area contributed by atoms with Gasteiger partial charge in [-0.2, -0.15) is 0 Å². The van der Waals surface area contributed by atoms with Gasteiger partial charge in [-0.05, 0) is 38.5 Å². The molecule has 1 atom stereocenters. The largest absolute Gasteiger partial charge is 0.481 e. The average Bonchev–Trinajstić information content (AvgIpc) is 2.84. The first-order chi connectivity index (χ1) is 17.1. The van der Waals surface area contributed by atoms with Crippen molar-refractivity contribution in [3.8, 4) is 0 Å². The van der Waals surface area contributed by atoms with E-state index in [0.29, 0.717) is 13.0 Å². The van der Waals surface area contributed by atoms with Gasteiger partial charge in [0, 0.05) is 0 Å². The molecule has 1 unspecified atom stereocenters. The quantitative estimate of drug-likeness (QED) is 0.0701. The van der Waals surface area contributed by atoms with Crippen molar-refractivity contribution in [1.29, 1.82) is 0 Å². The van der Waals surface area contributed by atoms with Crippen LogP contribution in [0.25, 0.3) is 0 Å². The monoisotopic (exact) mass is 494 g/mol. The maximum absolute atomic E-state index is 12.0. The Morgan fingerprint density at radius 2 is 1.06 bits per heavy atom. The number of ether oxygens (including phenoxy) is 1. The molecule has 0 aliphatic rings. The van der Waals surface area contributed by atoms with Crippen LogP contribution >= 0.6 is 0 Å². The third-order valence-electron chi connectivity index (χ3n) is 6.77. The number of hydrogen-bond acceptors (Lipinski definition) is 3. The standard InChI is InChI=1S/C31H58O4/c1-3-5-6-7-8-9-10-11-12-13-14-15-16-17-18-19-20-21-22-23-24-25-26-29(28-30(32)33)31(34)35-27-4-2/h21-22,29H,3-20,23-28H2,1-2H3,(H,32,33)/b22-21+. The Balaban J connectivity index is 3.44. The molecule has 0 heterocycles. The lowest BCUT2D eigenvalue weighted by molar-refractivity contribution is -0.153. The minimum Gasteiger partial charge on any atom is -0.481 e. The molecule has 0 bridgehead atoms. The summed E-state index contributed by atoms with van der Waals surface area (Å²) >= 11 is 0. The van der Waals surface area contributed by atoms with Gasteiger partial charge in [0.2, 0.25) is 0 Å². The lowest BCUT2D eigenvalue weighted by atomic mass is 9.98. The number of allylic oxidation sites excluding steroid dienone is 2. The number of carboxylic acid groups (broad SMARTS) is 1. The minimum absolute atomic E-state index is 0.127. The second kappa shape index (κ2) is 27.3. The van der Waals surface area contributed by atoms with Gasteiger partial charge in [-0.1, -0.05) is 129 Å². The molecule has 0 aliphatic carbocycles. The van der Waals surface area contributed by atoms with Gasteiger partial charge < -0.3 is 9.84 Å². The van der Waals surface area contributed by atoms with Crippen LogP contribution in [0.2, 0.25) is 0 Å². The molecule has 206 valence electrons. The van der Waals surface area contributed by atoms with Crippen molar-refractivity contribution in [3.63, 3.8) is 0 Å². The molecule has 35 heavy (non-hydrogen) atoms. The van der Waals surface area contributed by atoms with E-state index in [4.69, 9.17) is 9.84 Å². The third-order valence-corrected chi connectivity index (χ3v) is 6.77. The van der Waals surface area contributed by atoms with E-state index in [-0.39, 0.29) is 12.4 Å². The highest BCUT2D eigenvalue weighted by atomic mass is 16.5. The predicted molar refractivity (Wildman–Crippen MR) is 149 cm³/mol.